The lowest BCUT2D eigenvalue weighted by molar-refractivity contribution is 0.431. The van der Waals surface area contributed by atoms with Gasteiger partial charge in [-0.25, -0.2) is 0 Å². The Morgan fingerprint density at radius 1 is 1.25 bits per heavy atom. The van der Waals surface area contributed by atoms with Crippen molar-refractivity contribution in [3.8, 4) is 0 Å². The van der Waals surface area contributed by atoms with E-state index < -0.39 is 0 Å². The van der Waals surface area contributed by atoms with Crippen molar-refractivity contribution in [1.29, 1.82) is 0 Å². The van der Waals surface area contributed by atoms with Crippen molar-refractivity contribution in [2.45, 2.75) is 45.6 Å². The minimum absolute atomic E-state index is 0.294. The van der Waals surface area contributed by atoms with Gasteiger partial charge < -0.3 is 5.73 Å². The molecule has 0 aliphatic rings. The highest BCUT2D eigenvalue weighted by Crippen LogP contribution is 2.16. The van der Waals surface area contributed by atoms with E-state index in [1.807, 2.05) is 0 Å². The zero-order valence-electron chi connectivity index (χ0n) is 10.2. The zero-order chi connectivity index (χ0) is 12.0. The molecule has 0 saturated carbocycles. The second kappa shape index (κ2) is 7.08. The van der Waals surface area contributed by atoms with E-state index in [2.05, 4.69) is 54.0 Å². The average molecular weight is 284 g/mol. The van der Waals surface area contributed by atoms with Crippen LogP contribution in [-0.2, 0) is 6.42 Å². The Kier molecular flexibility index (Phi) is 6.07. The summed E-state index contributed by atoms with van der Waals surface area (Å²) < 4.78 is 1.13. The maximum Gasteiger partial charge on any atom is 0.0175 e. The van der Waals surface area contributed by atoms with Crippen LogP contribution in [0.25, 0.3) is 0 Å². The van der Waals surface area contributed by atoms with Crippen LogP contribution in [0, 0.1) is 5.92 Å². The van der Waals surface area contributed by atoms with Crippen LogP contribution in [-0.4, -0.2) is 6.04 Å². The lowest BCUT2D eigenvalue weighted by Gasteiger charge is -2.16. The van der Waals surface area contributed by atoms with Crippen molar-refractivity contribution in [2.75, 3.05) is 0 Å². The molecule has 0 spiro atoms. The summed E-state index contributed by atoms with van der Waals surface area (Å²) in [7, 11) is 0. The van der Waals surface area contributed by atoms with Crippen molar-refractivity contribution >= 4 is 15.9 Å². The van der Waals surface area contributed by atoms with Crippen molar-refractivity contribution in [1.82, 2.24) is 0 Å². The van der Waals surface area contributed by atoms with E-state index in [4.69, 9.17) is 5.73 Å². The standard InChI is InChI=1S/C14H22BrN/c1-3-4-11(2)9-14(16)10-12-5-7-13(15)8-6-12/h5-8,11,14H,3-4,9-10,16H2,1-2H3. The minimum Gasteiger partial charge on any atom is -0.327 e. The summed E-state index contributed by atoms with van der Waals surface area (Å²) >= 11 is 3.44. The normalized spacial score (nSPS) is 14.8. The Morgan fingerprint density at radius 2 is 1.88 bits per heavy atom. The van der Waals surface area contributed by atoms with Crippen LogP contribution in [0.5, 0.6) is 0 Å². The van der Waals surface area contributed by atoms with Gasteiger partial charge in [0.05, 0.1) is 0 Å². The maximum atomic E-state index is 6.16. The second-order valence-corrected chi connectivity index (χ2v) is 5.64. The molecule has 16 heavy (non-hydrogen) atoms. The van der Waals surface area contributed by atoms with Crippen molar-refractivity contribution in [2.24, 2.45) is 11.7 Å². The summed E-state index contributed by atoms with van der Waals surface area (Å²) in [4.78, 5) is 0. The van der Waals surface area contributed by atoms with E-state index in [9.17, 15) is 0 Å². The Balaban J connectivity index is 2.39. The molecule has 2 heteroatoms. The highest BCUT2D eigenvalue weighted by Gasteiger charge is 2.09. The molecule has 0 bridgehead atoms. The SMILES string of the molecule is CCCC(C)CC(N)Cc1ccc(Br)cc1. The average Bonchev–Trinajstić information content (AvgIpc) is 2.21. The lowest BCUT2D eigenvalue weighted by Crippen LogP contribution is -2.25. The molecule has 2 unspecified atom stereocenters. The van der Waals surface area contributed by atoms with Gasteiger partial charge in [0, 0.05) is 10.5 Å². The summed E-state index contributed by atoms with van der Waals surface area (Å²) in [6.45, 7) is 4.53. The maximum absolute atomic E-state index is 6.16. The molecule has 0 fully saturated rings. The lowest BCUT2D eigenvalue weighted by atomic mass is 9.94. The van der Waals surface area contributed by atoms with Crippen LogP contribution < -0.4 is 5.73 Å². The molecule has 1 aromatic rings. The van der Waals surface area contributed by atoms with Crippen LogP contribution in [0.1, 0.15) is 38.7 Å². The van der Waals surface area contributed by atoms with E-state index in [1.165, 1.54) is 18.4 Å². The number of halogens is 1. The van der Waals surface area contributed by atoms with E-state index in [0.717, 1.165) is 23.2 Å². The predicted octanol–water partition coefficient (Wildman–Crippen LogP) is 4.15. The third-order valence-electron chi connectivity index (χ3n) is 2.90. The quantitative estimate of drug-likeness (QED) is 0.834. The first-order valence-electron chi connectivity index (χ1n) is 6.11. The van der Waals surface area contributed by atoms with E-state index in [0.29, 0.717) is 6.04 Å². The van der Waals surface area contributed by atoms with E-state index in [-0.39, 0.29) is 0 Å². The molecule has 90 valence electrons. The topological polar surface area (TPSA) is 26.0 Å². The molecule has 0 aromatic heterocycles. The molecule has 2 atom stereocenters. The Bertz CT molecular complexity index is 294. The highest BCUT2D eigenvalue weighted by atomic mass is 79.9. The van der Waals surface area contributed by atoms with Gasteiger partial charge in [0.15, 0.2) is 0 Å². The fourth-order valence-electron chi connectivity index (χ4n) is 2.13. The first kappa shape index (κ1) is 13.7. The molecule has 0 saturated heterocycles. The fraction of sp³-hybridized carbons (Fsp3) is 0.571. The molecule has 1 aromatic carbocycles. The Hall–Kier alpha value is -0.340. The van der Waals surface area contributed by atoms with Gasteiger partial charge >= 0.3 is 0 Å². The Labute approximate surface area is 108 Å². The van der Waals surface area contributed by atoms with E-state index in [1.54, 1.807) is 0 Å². The molecule has 0 aliphatic carbocycles. The molecule has 0 amide bonds. The van der Waals surface area contributed by atoms with Crippen LogP contribution in [0.15, 0.2) is 28.7 Å². The summed E-state index contributed by atoms with van der Waals surface area (Å²) in [5.41, 5.74) is 7.50. The molecular formula is C14H22BrN. The summed E-state index contributed by atoms with van der Waals surface area (Å²) in [6.07, 6.45) is 4.66. The summed E-state index contributed by atoms with van der Waals surface area (Å²) in [5.74, 6) is 0.746. The first-order valence-corrected chi connectivity index (χ1v) is 6.91. The van der Waals surface area contributed by atoms with E-state index >= 15 is 0 Å². The Morgan fingerprint density at radius 3 is 2.44 bits per heavy atom. The molecule has 2 N–H and O–H groups in total. The first-order chi connectivity index (χ1) is 7.61. The molecule has 1 rings (SSSR count). The largest absolute Gasteiger partial charge is 0.327 e. The number of hydrogen-bond acceptors (Lipinski definition) is 1. The van der Waals surface area contributed by atoms with Crippen LogP contribution in [0.2, 0.25) is 0 Å². The molecule has 0 heterocycles. The number of benzene rings is 1. The predicted molar refractivity (Wildman–Crippen MR) is 74.5 cm³/mol. The van der Waals surface area contributed by atoms with Gasteiger partial charge in [0.2, 0.25) is 0 Å². The van der Waals surface area contributed by atoms with Crippen molar-refractivity contribution in [3.05, 3.63) is 34.3 Å². The smallest absolute Gasteiger partial charge is 0.0175 e. The molecule has 0 radical (unpaired) electrons. The van der Waals surface area contributed by atoms with Crippen molar-refractivity contribution < 1.29 is 0 Å². The molecule has 1 nitrogen and oxygen atoms in total. The van der Waals surface area contributed by atoms with Gasteiger partial charge in [0.1, 0.15) is 0 Å². The van der Waals surface area contributed by atoms with Gasteiger partial charge in [-0.05, 0) is 36.5 Å². The number of hydrogen-bond donors (Lipinski definition) is 1. The zero-order valence-corrected chi connectivity index (χ0v) is 11.8. The molecular weight excluding hydrogens is 262 g/mol. The molecule has 0 aliphatic heterocycles. The van der Waals surface area contributed by atoms with Gasteiger partial charge in [-0.2, -0.15) is 0 Å². The van der Waals surface area contributed by atoms with Gasteiger partial charge in [-0.3, -0.25) is 0 Å². The van der Waals surface area contributed by atoms with Crippen LogP contribution in [0.3, 0.4) is 0 Å². The van der Waals surface area contributed by atoms with Gasteiger partial charge in [-0.1, -0.05) is 54.8 Å². The monoisotopic (exact) mass is 283 g/mol. The summed E-state index contributed by atoms with van der Waals surface area (Å²) in [6, 6.07) is 8.75. The van der Waals surface area contributed by atoms with Gasteiger partial charge in [-0.15, -0.1) is 0 Å². The van der Waals surface area contributed by atoms with Crippen molar-refractivity contribution in [3.63, 3.8) is 0 Å². The highest BCUT2D eigenvalue weighted by molar-refractivity contribution is 9.10. The third-order valence-corrected chi connectivity index (χ3v) is 3.43. The minimum atomic E-state index is 0.294. The third kappa shape index (κ3) is 5.13. The second-order valence-electron chi connectivity index (χ2n) is 4.72. The number of rotatable bonds is 6. The fourth-order valence-corrected chi connectivity index (χ4v) is 2.40. The van der Waals surface area contributed by atoms with Crippen LogP contribution >= 0.6 is 15.9 Å². The van der Waals surface area contributed by atoms with Gasteiger partial charge in [0.25, 0.3) is 0 Å². The number of nitrogens with two attached hydrogens (primary N) is 1. The summed E-state index contributed by atoms with van der Waals surface area (Å²) in [5, 5.41) is 0. The van der Waals surface area contributed by atoms with Crippen LogP contribution in [0.4, 0.5) is 0 Å².